The topological polar surface area (TPSA) is 64.8 Å². The lowest BCUT2D eigenvalue weighted by atomic mass is 9.60. The van der Waals surface area contributed by atoms with Gasteiger partial charge < -0.3 is 9.88 Å². The molecule has 0 unspecified atom stereocenters. The Balaban J connectivity index is 0.000000212. The largest absolute Gasteiger partial charge is 0.361 e. The summed E-state index contributed by atoms with van der Waals surface area (Å²) in [5, 5.41) is 8.18. The minimum atomic E-state index is 0.222. The SMILES string of the molecule is CC.Cc1cc(CN(C)C=O)n[nH]1.Cc1ccc(C2(c3c[nH]c4c(C)cccc34)CCC2)cc1. The van der Waals surface area contributed by atoms with E-state index >= 15 is 0 Å². The summed E-state index contributed by atoms with van der Waals surface area (Å²) in [7, 11) is 1.72. The molecule has 1 saturated carbocycles. The van der Waals surface area contributed by atoms with E-state index in [4.69, 9.17) is 0 Å². The Morgan fingerprint density at radius 3 is 2.32 bits per heavy atom. The number of carbonyl (C=O) groups excluding carboxylic acids is 1. The Hall–Kier alpha value is -3.34. The second-order valence-electron chi connectivity index (χ2n) is 9.06. The number of aryl methyl sites for hydroxylation is 3. The van der Waals surface area contributed by atoms with Crippen LogP contribution in [0.3, 0.4) is 0 Å². The molecule has 0 saturated heterocycles. The van der Waals surface area contributed by atoms with Crippen LogP contribution < -0.4 is 0 Å². The molecule has 2 N–H and O–H groups in total. The summed E-state index contributed by atoms with van der Waals surface area (Å²) in [6.45, 7) is 10.8. The molecule has 2 aromatic heterocycles. The highest BCUT2D eigenvalue weighted by molar-refractivity contribution is 5.87. The minimum Gasteiger partial charge on any atom is -0.361 e. The van der Waals surface area contributed by atoms with Gasteiger partial charge in [0.05, 0.1) is 12.2 Å². The summed E-state index contributed by atoms with van der Waals surface area (Å²) in [6.07, 6.45) is 6.88. The van der Waals surface area contributed by atoms with Crippen LogP contribution >= 0.6 is 0 Å². The van der Waals surface area contributed by atoms with Crippen molar-refractivity contribution in [3.05, 3.63) is 88.4 Å². The lowest BCUT2D eigenvalue weighted by Gasteiger charge is -2.42. The van der Waals surface area contributed by atoms with Crippen LogP contribution in [0.15, 0.2) is 54.7 Å². The average molecular weight is 459 g/mol. The molecule has 0 spiro atoms. The van der Waals surface area contributed by atoms with E-state index in [9.17, 15) is 4.79 Å². The molecule has 2 aromatic carbocycles. The molecular weight excluding hydrogens is 420 g/mol. The third-order valence-electron chi connectivity index (χ3n) is 6.60. The number of H-pyrrole nitrogens is 2. The fourth-order valence-corrected chi connectivity index (χ4v) is 4.67. The van der Waals surface area contributed by atoms with Crippen LogP contribution in [0.4, 0.5) is 0 Å². The monoisotopic (exact) mass is 458 g/mol. The van der Waals surface area contributed by atoms with Gasteiger partial charge in [-0.15, -0.1) is 0 Å². The Morgan fingerprint density at radius 2 is 1.76 bits per heavy atom. The van der Waals surface area contributed by atoms with Gasteiger partial charge in [0.15, 0.2) is 0 Å². The number of hydrogen-bond acceptors (Lipinski definition) is 2. The molecule has 1 aliphatic carbocycles. The van der Waals surface area contributed by atoms with E-state index in [1.54, 1.807) is 7.05 Å². The van der Waals surface area contributed by atoms with E-state index in [2.05, 4.69) is 77.7 Å². The van der Waals surface area contributed by atoms with Crippen molar-refractivity contribution in [3.63, 3.8) is 0 Å². The second kappa shape index (κ2) is 11.2. The maximum Gasteiger partial charge on any atom is 0.209 e. The van der Waals surface area contributed by atoms with Crippen LogP contribution in [0.5, 0.6) is 0 Å². The third-order valence-corrected chi connectivity index (χ3v) is 6.60. The third kappa shape index (κ3) is 5.24. The van der Waals surface area contributed by atoms with Crippen molar-refractivity contribution < 1.29 is 4.79 Å². The van der Waals surface area contributed by atoms with Gasteiger partial charge in [-0.25, -0.2) is 0 Å². The standard InChI is InChI=1S/C20H21N.C7H11N3O.C2H6/c1-14-7-9-16(10-8-14)20(11-4-12-20)18-13-21-19-15(2)5-3-6-17(18)19;1-6-3-7(9-8-6)4-10(2)5-11;1-2/h3,5-10,13,21H,4,11-12H2,1-2H3;3,5H,4H2,1-2H3,(H,8,9);1-2H3. The van der Waals surface area contributed by atoms with Gasteiger partial charge in [0.2, 0.25) is 6.41 Å². The van der Waals surface area contributed by atoms with Crippen molar-refractivity contribution in [1.29, 1.82) is 0 Å². The van der Waals surface area contributed by atoms with Crippen molar-refractivity contribution in [2.24, 2.45) is 0 Å². The minimum absolute atomic E-state index is 0.222. The zero-order valence-corrected chi connectivity index (χ0v) is 21.4. The van der Waals surface area contributed by atoms with E-state index < -0.39 is 0 Å². The van der Waals surface area contributed by atoms with Gasteiger partial charge in [0, 0.05) is 35.3 Å². The van der Waals surface area contributed by atoms with E-state index in [1.807, 2.05) is 26.8 Å². The number of fused-ring (bicyclic) bond motifs is 1. The lowest BCUT2D eigenvalue weighted by molar-refractivity contribution is -0.117. The summed E-state index contributed by atoms with van der Waals surface area (Å²) >= 11 is 0. The smallest absolute Gasteiger partial charge is 0.209 e. The summed E-state index contributed by atoms with van der Waals surface area (Å²) in [6, 6.07) is 17.7. The molecule has 2 heterocycles. The molecule has 1 amide bonds. The number of carbonyl (C=O) groups is 1. The molecule has 4 aromatic rings. The molecule has 5 heteroatoms. The molecule has 0 atom stereocenters. The van der Waals surface area contributed by atoms with Crippen LogP contribution in [0.2, 0.25) is 0 Å². The summed E-state index contributed by atoms with van der Waals surface area (Å²) in [5.41, 5.74) is 9.04. The zero-order valence-electron chi connectivity index (χ0n) is 21.4. The molecule has 5 nitrogen and oxygen atoms in total. The van der Waals surface area contributed by atoms with Crippen molar-refractivity contribution >= 4 is 17.3 Å². The summed E-state index contributed by atoms with van der Waals surface area (Å²) < 4.78 is 0. The number of rotatable bonds is 5. The molecule has 1 aliphatic rings. The highest BCUT2D eigenvalue weighted by Gasteiger charge is 2.41. The number of para-hydroxylation sites is 1. The molecule has 0 bridgehead atoms. The van der Waals surface area contributed by atoms with Gasteiger partial charge in [0.1, 0.15) is 0 Å². The van der Waals surface area contributed by atoms with E-state index in [1.165, 1.54) is 57.3 Å². The molecule has 1 fully saturated rings. The van der Waals surface area contributed by atoms with Gasteiger partial charge in [-0.2, -0.15) is 5.10 Å². The van der Waals surface area contributed by atoms with E-state index in [0.29, 0.717) is 6.54 Å². The molecule has 34 heavy (non-hydrogen) atoms. The predicted octanol–water partition coefficient (Wildman–Crippen LogP) is 6.59. The number of aromatic nitrogens is 3. The molecule has 0 aliphatic heterocycles. The fraction of sp³-hybridized carbons (Fsp3) is 0.379. The van der Waals surface area contributed by atoms with Crippen LogP contribution in [0, 0.1) is 20.8 Å². The van der Waals surface area contributed by atoms with Crippen molar-refractivity contribution in [2.45, 2.75) is 65.8 Å². The van der Waals surface area contributed by atoms with Crippen LogP contribution in [0.25, 0.3) is 10.9 Å². The van der Waals surface area contributed by atoms with Crippen molar-refractivity contribution in [1.82, 2.24) is 20.1 Å². The number of nitrogens with one attached hydrogen (secondary N) is 2. The first-order chi connectivity index (χ1) is 16.4. The predicted molar refractivity (Wildman–Crippen MR) is 141 cm³/mol. The zero-order chi connectivity index (χ0) is 24.7. The van der Waals surface area contributed by atoms with Crippen molar-refractivity contribution in [2.75, 3.05) is 7.05 Å². The molecule has 0 radical (unpaired) electrons. The van der Waals surface area contributed by atoms with Crippen LogP contribution in [0.1, 0.15) is 66.8 Å². The summed E-state index contributed by atoms with van der Waals surface area (Å²) in [5.74, 6) is 0. The fourth-order valence-electron chi connectivity index (χ4n) is 4.67. The van der Waals surface area contributed by atoms with Crippen molar-refractivity contribution in [3.8, 4) is 0 Å². The van der Waals surface area contributed by atoms with E-state index in [-0.39, 0.29) is 5.41 Å². The van der Waals surface area contributed by atoms with Gasteiger partial charge in [0.25, 0.3) is 0 Å². The first-order valence-corrected chi connectivity index (χ1v) is 12.2. The Kier molecular flexibility index (Phi) is 8.32. The highest BCUT2D eigenvalue weighted by atomic mass is 16.1. The maximum absolute atomic E-state index is 10.2. The van der Waals surface area contributed by atoms with E-state index in [0.717, 1.165) is 17.8 Å². The second-order valence-corrected chi connectivity index (χ2v) is 9.06. The quantitative estimate of drug-likeness (QED) is 0.331. The lowest BCUT2D eigenvalue weighted by Crippen LogP contribution is -2.35. The van der Waals surface area contributed by atoms with Gasteiger partial charge >= 0.3 is 0 Å². The Labute approximate surface area is 203 Å². The Morgan fingerprint density at radius 1 is 1.06 bits per heavy atom. The Bertz CT molecular complexity index is 1200. The van der Waals surface area contributed by atoms with Crippen LogP contribution in [-0.4, -0.2) is 33.5 Å². The highest BCUT2D eigenvalue weighted by Crippen LogP contribution is 2.51. The summed E-state index contributed by atoms with van der Waals surface area (Å²) in [4.78, 5) is 15.3. The number of aromatic amines is 2. The normalized spacial score (nSPS) is 13.7. The number of amides is 1. The van der Waals surface area contributed by atoms with Gasteiger partial charge in [-0.05, 0) is 56.4 Å². The number of nitrogens with zero attached hydrogens (tertiary/aromatic N) is 2. The first-order valence-electron chi connectivity index (χ1n) is 12.2. The maximum atomic E-state index is 10.2. The first kappa shape index (κ1) is 25.3. The van der Waals surface area contributed by atoms with Gasteiger partial charge in [-0.3, -0.25) is 9.89 Å². The molecule has 5 rings (SSSR count). The number of hydrogen-bond donors (Lipinski definition) is 2. The molecule has 180 valence electrons. The number of benzene rings is 2. The van der Waals surface area contributed by atoms with Crippen LogP contribution in [-0.2, 0) is 16.8 Å². The van der Waals surface area contributed by atoms with Gasteiger partial charge in [-0.1, -0.05) is 68.3 Å². The molecular formula is C29H38N4O. The average Bonchev–Trinajstić information content (AvgIpc) is 3.43.